The fourth-order valence-corrected chi connectivity index (χ4v) is 3.09. The van der Waals surface area contributed by atoms with Crippen molar-refractivity contribution in [3.05, 3.63) is 38.3 Å². The number of carbonyl (C=O) groups excluding carboxylic acids is 1. The van der Waals surface area contributed by atoms with Crippen LogP contribution in [-0.4, -0.2) is 28.8 Å². The van der Waals surface area contributed by atoms with Crippen LogP contribution in [0.2, 0.25) is 0 Å². The third-order valence-corrected chi connectivity index (χ3v) is 4.69. The molecule has 1 aromatic rings. The average molecular weight is 341 g/mol. The van der Waals surface area contributed by atoms with Gasteiger partial charge in [0.2, 0.25) is 0 Å². The van der Waals surface area contributed by atoms with Gasteiger partial charge in [-0.05, 0) is 40.3 Å². The van der Waals surface area contributed by atoms with Crippen molar-refractivity contribution in [1.29, 1.82) is 0 Å². The number of benzene rings is 1. The van der Waals surface area contributed by atoms with Gasteiger partial charge in [0.15, 0.2) is 0 Å². The van der Waals surface area contributed by atoms with E-state index in [1.807, 2.05) is 0 Å². The summed E-state index contributed by atoms with van der Waals surface area (Å²) >= 11 is 3.18. The van der Waals surface area contributed by atoms with Crippen molar-refractivity contribution in [2.75, 3.05) is 13.1 Å². The van der Waals surface area contributed by atoms with E-state index in [9.17, 15) is 14.9 Å². The highest BCUT2D eigenvalue weighted by Gasteiger charge is 2.30. The highest BCUT2D eigenvalue weighted by atomic mass is 79.9. The Morgan fingerprint density at radius 2 is 2.20 bits per heavy atom. The number of likely N-dealkylation sites (tertiary alicyclic amines) is 1. The van der Waals surface area contributed by atoms with Crippen molar-refractivity contribution in [2.45, 2.75) is 20.3 Å². The fourth-order valence-electron chi connectivity index (χ4n) is 2.51. The Kier molecular flexibility index (Phi) is 4.42. The molecular weight excluding hydrogens is 324 g/mol. The largest absolute Gasteiger partial charge is 0.338 e. The second-order valence-corrected chi connectivity index (χ2v) is 6.23. The molecule has 1 aromatic carbocycles. The molecule has 1 aliphatic rings. The zero-order chi connectivity index (χ0) is 14.9. The number of rotatable bonds is 3. The van der Waals surface area contributed by atoms with E-state index >= 15 is 0 Å². The normalized spacial score (nSPS) is 18.6. The van der Waals surface area contributed by atoms with E-state index in [0.29, 0.717) is 17.4 Å². The van der Waals surface area contributed by atoms with Crippen LogP contribution in [0.1, 0.15) is 30.6 Å². The minimum atomic E-state index is -0.484. The molecule has 20 heavy (non-hydrogen) atoms. The van der Waals surface area contributed by atoms with Gasteiger partial charge in [-0.2, -0.15) is 0 Å². The highest BCUT2D eigenvalue weighted by molar-refractivity contribution is 9.10. The summed E-state index contributed by atoms with van der Waals surface area (Å²) < 4.78 is 0.267. The molecule has 1 heterocycles. The molecule has 0 spiro atoms. The van der Waals surface area contributed by atoms with Crippen molar-refractivity contribution >= 4 is 27.5 Å². The molecule has 0 N–H and O–H groups in total. The number of carbonyl (C=O) groups is 1. The number of halogens is 1. The first-order valence-electron chi connectivity index (χ1n) is 6.64. The molecule has 6 heteroatoms. The molecule has 0 radical (unpaired) electrons. The summed E-state index contributed by atoms with van der Waals surface area (Å²) in [6.07, 6.45) is 0.996. The quantitative estimate of drug-likeness (QED) is 0.625. The van der Waals surface area contributed by atoms with E-state index in [-0.39, 0.29) is 16.1 Å². The lowest BCUT2D eigenvalue weighted by atomic mass is 9.95. The Bertz CT molecular complexity index is 545. The number of nitrogens with zero attached hydrogens (tertiary/aromatic N) is 2. The van der Waals surface area contributed by atoms with E-state index in [0.717, 1.165) is 19.5 Å². The van der Waals surface area contributed by atoms with E-state index in [4.69, 9.17) is 0 Å². The first-order chi connectivity index (χ1) is 9.41. The Balaban J connectivity index is 2.23. The van der Waals surface area contributed by atoms with Gasteiger partial charge < -0.3 is 4.90 Å². The molecule has 1 aliphatic heterocycles. The van der Waals surface area contributed by atoms with E-state index in [1.165, 1.54) is 6.07 Å². The van der Waals surface area contributed by atoms with Gasteiger partial charge >= 0.3 is 0 Å². The van der Waals surface area contributed by atoms with Gasteiger partial charge in [0.05, 0.1) is 10.5 Å². The number of hydrogen-bond donors (Lipinski definition) is 0. The van der Waals surface area contributed by atoms with Crippen molar-refractivity contribution in [1.82, 2.24) is 4.90 Å². The molecular formula is C14H17BrN2O3. The molecule has 2 rings (SSSR count). The second-order valence-electron chi connectivity index (χ2n) is 5.44. The molecule has 1 unspecified atom stereocenters. The Morgan fingerprint density at radius 1 is 1.50 bits per heavy atom. The van der Waals surface area contributed by atoms with Crippen LogP contribution >= 0.6 is 15.9 Å². The number of hydrogen-bond acceptors (Lipinski definition) is 3. The number of amides is 1. The van der Waals surface area contributed by atoms with Gasteiger partial charge in [-0.15, -0.1) is 0 Å². The van der Waals surface area contributed by atoms with Gasteiger partial charge in [0.1, 0.15) is 4.47 Å². The van der Waals surface area contributed by atoms with Gasteiger partial charge in [-0.1, -0.05) is 19.9 Å². The average Bonchev–Trinajstić information content (AvgIpc) is 2.87. The van der Waals surface area contributed by atoms with Crippen molar-refractivity contribution in [2.24, 2.45) is 11.8 Å². The minimum absolute atomic E-state index is 0.0737. The topological polar surface area (TPSA) is 63.5 Å². The molecule has 1 fully saturated rings. The maximum atomic E-state index is 12.5. The minimum Gasteiger partial charge on any atom is -0.338 e. The van der Waals surface area contributed by atoms with Gasteiger partial charge in [0, 0.05) is 19.2 Å². The van der Waals surface area contributed by atoms with Crippen LogP contribution in [0.25, 0.3) is 0 Å². The zero-order valence-corrected chi connectivity index (χ0v) is 13.1. The highest BCUT2D eigenvalue weighted by Crippen LogP contribution is 2.31. The van der Waals surface area contributed by atoms with Crippen LogP contribution in [0.5, 0.6) is 0 Å². The third kappa shape index (κ3) is 2.85. The maximum absolute atomic E-state index is 12.5. The third-order valence-electron chi connectivity index (χ3n) is 3.86. The number of nitro groups is 1. The molecule has 1 atom stereocenters. The van der Waals surface area contributed by atoms with Crippen LogP contribution in [0, 0.1) is 22.0 Å². The summed E-state index contributed by atoms with van der Waals surface area (Å²) in [5.41, 5.74) is 0.291. The van der Waals surface area contributed by atoms with Crippen molar-refractivity contribution in [3.63, 3.8) is 0 Å². The molecule has 0 bridgehead atoms. The SMILES string of the molecule is CC(C)C1CCN(C(=O)c2cccc([N+](=O)[O-])c2Br)C1. The first kappa shape index (κ1) is 15.0. The first-order valence-corrected chi connectivity index (χ1v) is 7.43. The summed E-state index contributed by atoms with van der Waals surface area (Å²) in [6.45, 7) is 5.76. The van der Waals surface area contributed by atoms with Crippen molar-refractivity contribution < 1.29 is 9.72 Å². The van der Waals surface area contributed by atoms with E-state index in [1.54, 1.807) is 17.0 Å². The van der Waals surface area contributed by atoms with Crippen LogP contribution in [0.4, 0.5) is 5.69 Å². The molecule has 108 valence electrons. The fraction of sp³-hybridized carbons (Fsp3) is 0.500. The predicted octanol–water partition coefficient (Wildman–Crippen LogP) is 3.48. The van der Waals surface area contributed by atoms with E-state index in [2.05, 4.69) is 29.8 Å². The van der Waals surface area contributed by atoms with Crippen molar-refractivity contribution in [3.8, 4) is 0 Å². The van der Waals surface area contributed by atoms with Crippen LogP contribution < -0.4 is 0 Å². The Hall–Kier alpha value is -1.43. The second kappa shape index (κ2) is 5.91. The summed E-state index contributed by atoms with van der Waals surface area (Å²) in [5.74, 6) is 0.918. The molecule has 0 aliphatic carbocycles. The Morgan fingerprint density at radius 3 is 2.75 bits per heavy atom. The number of nitro benzene ring substituents is 1. The lowest BCUT2D eigenvalue weighted by molar-refractivity contribution is -0.385. The van der Waals surface area contributed by atoms with Crippen LogP contribution in [-0.2, 0) is 0 Å². The smallest absolute Gasteiger partial charge is 0.284 e. The summed E-state index contributed by atoms with van der Waals surface area (Å²) in [7, 11) is 0. The Labute approximate surface area is 126 Å². The lowest BCUT2D eigenvalue weighted by Crippen LogP contribution is -2.29. The molecule has 5 nitrogen and oxygen atoms in total. The summed E-state index contributed by atoms with van der Waals surface area (Å²) in [4.78, 5) is 24.7. The van der Waals surface area contributed by atoms with Gasteiger partial charge in [0.25, 0.3) is 11.6 Å². The molecule has 1 saturated heterocycles. The summed E-state index contributed by atoms with van der Waals surface area (Å²) in [5, 5.41) is 10.9. The van der Waals surface area contributed by atoms with Crippen LogP contribution in [0.3, 0.4) is 0 Å². The van der Waals surface area contributed by atoms with Crippen LogP contribution in [0.15, 0.2) is 22.7 Å². The maximum Gasteiger partial charge on any atom is 0.284 e. The lowest BCUT2D eigenvalue weighted by Gasteiger charge is -2.18. The van der Waals surface area contributed by atoms with Gasteiger partial charge in [-0.3, -0.25) is 14.9 Å². The standard InChI is InChI=1S/C14H17BrN2O3/c1-9(2)10-6-7-16(8-10)14(18)11-4-3-5-12(13(11)15)17(19)20/h3-5,9-10H,6-8H2,1-2H3. The molecule has 0 saturated carbocycles. The summed E-state index contributed by atoms with van der Waals surface area (Å²) in [6, 6.07) is 4.57. The predicted molar refractivity (Wildman–Crippen MR) is 79.6 cm³/mol. The molecule has 0 aromatic heterocycles. The van der Waals surface area contributed by atoms with Gasteiger partial charge in [-0.25, -0.2) is 0 Å². The zero-order valence-electron chi connectivity index (χ0n) is 11.5. The monoisotopic (exact) mass is 340 g/mol. The molecule has 1 amide bonds. The van der Waals surface area contributed by atoms with E-state index < -0.39 is 4.92 Å².